The quantitative estimate of drug-likeness (QED) is 0.771. The van der Waals surface area contributed by atoms with Gasteiger partial charge >= 0.3 is 0 Å². The predicted octanol–water partition coefficient (Wildman–Crippen LogP) is 4.15. The molecule has 1 amide bonds. The predicted molar refractivity (Wildman–Crippen MR) is 109 cm³/mol. The van der Waals surface area contributed by atoms with E-state index in [0.29, 0.717) is 22.6 Å². The highest BCUT2D eigenvalue weighted by atomic mass is 35.5. The Bertz CT molecular complexity index is 818. The van der Waals surface area contributed by atoms with Crippen LogP contribution in [0.25, 0.3) is 0 Å². The van der Waals surface area contributed by atoms with Crippen LogP contribution in [0, 0.1) is 5.92 Å². The second-order valence-electron chi connectivity index (χ2n) is 7.39. The maximum Gasteiger partial charge on any atom is 0.225 e. The van der Waals surface area contributed by atoms with Crippen molar-refractivity contribution in [3.05, 3.63) is 41.7 Å². The number of rotatable bonds is 4. The second-order valence-corrected chi connectivity index (χ2v) is 7.80. The highest BCUT2D eigenvalue weighted by Gasteiger charge is 2.28. The summed E-state index contributed by atoms with van der Waals surface area (Å²) in [6.45, 7) is 3.00. The van der Waals surface area contributed by atoms with Crippen molar-refractivity contribution < 1.29 is 9.53 Å². The highest BCUT2D eigenvalue weighted by molar-refractivity contribution is 6.32. The van der Waals surface area contributed by atoms with Crippen LogP contribution in [0.5, 0.6) is 11.6 Å². The molecule has 1 aromatic carbocycles. The summed E-state index contributed by atoms with van der Waals surface area (Å²) < 4.78 is 5.81. The van der Waals surface area contributed by atoms with Crippen LogP contribution in [0.3, 0.4) is 0 Å². The molecule has 1 aliphatic carbocycles. The van der Waals surface area contributed by atoms with Crippen LogP contribution < -0.4 is 9.64 Å². The van der Waals surface area contributed by atoms with E-state index >= 15 is 0 Å². The van der Waals surface area contributed by atoms with Gasteiger partial charge in [-0.1, -0.05) is 43.0 Å². The monoisotopic (exact) mass is 400 g/mol. The van der Waals surface area contributed by atoms with Gasteiger partial charge in [0.2, 0.25) is 11.8 Å². The molecule has 2 heterocycles. The molecule has 0 N–H and O–H groups in total. The summed E-state index contributed by atoms with van der Waals surface area (Å²) in [6, 6.07) is 9.13. The Kier molecular flexibility index (Phi) is 5.95. The first kappa shape index (κ1) is 19.0. The number of hydrogen-bond acceptors (Lipinski definition) is 5. The molecule has 0 bridgehead atoms. The summed E-state index contributed by atoms with van der Waals surface area (Å²) in [5, 5.41) is 0.539. The molecule has 2 aliphatic rings. The number of benzene rings is 1. The Labute approximate surface area is 170 Å². The molecule has 1 aliphatic heterocycles. The first-order valence-electron chi connectivity index (χ1n) is 9.99. The van der Waals surface area contributed by atoms with Crippen LogP contribution in [-0.4, -0.2) is 47.0 Å². The Hall–Kier alpha value is -2.34. The average molecular weight is 401 g/mol. The fourth-order valence-electron chi connectivity index (χ4n) is 3.96. The number of para-hydroxylation sites is 1. The number of ether oxygens (including phenoxy) is 1. The molecule has 7 heteroatoms. The molecule has 148 valence electrons. The molecule has 6 nitrogen and oxygen atoms in total. The van der Waals surface area contributed by atoms with Crippen LogP contribution in [0.1, 0.15) is 32.1 Å². The SMILES string of the molecule is O=C(C1CCCCC1)N1CCN(c2cc(Oc3ccccc3Cl)ncn2)CC1. The van der Waals surface area contributed by atoms with Crippen molar-refractivity contribution >= 4 is 23.3 Å². The smallest absolute Gasteiger partial charge is 0.225 e. The zero-order chi connectivity index (χ0) is 19.3. The van der Waals surface area contributed by atoms with Gasteiger partial charge in [0.1, 0.15) is 17.9 Å². The normalized spacial score (nSPS) is 18.2. The molecule has 1 saturated carbocycles. The molecule has 1 aromatic heterocycles. The largest absolute Gasteiger partial charge is 0.437 e. The number of hydrogen-bond donors (Lipinski definition) is 0. The molecule has 0 atom stereocenters. The van der Waals surface area contributed by atoms with Gasteiger partial charge in [-0.2, -0.15) is 0 Å². The van der Waals surface area contributed by atoms with Gasteiger partial charge in [-0.15, -0.1) is 0 Å². The molecule has 1 saturated heterocycles. The average Bonchev–Trinajstić information content (AvgIpc) is 2.76. The van der Waals surface area contributed by atoms with Crippen molar-refractivity contribution in [2.75, 3.05) is 31.1 Å². The number of halogens is 1. The summed E-state index contributed by atoms with van der Waals surface area (Å²) in [5.74, 6) is 2.40. The number of anilines is 1. The molecule has 2 aromatic rings. The highest BCUT2D eigenvalue weighted by Crippen LogP contribution is 2.29. The molecule has 0 unspecified atom stereocenters. The third kappa shape index (κ3) is 4.38. The van der Waals surface area contributed by atoms with Gasteiger partial charge in [-0.3, -0.25) is 4.79 Å². The van der Waals surface area contributed by atoms with Gasteiger partial charge in [-0.25, -0.2) is 9.97 Å². The van der Waals surface area contributed by atoms with E-state index in [2.05, 4.69) is 14.9 Å². The van der Waals surface area contributed by atoms with E-state index in [1.165, 1.54) is 25.6 Å². The van der Waals surface area contributed by atoms with Crippen LogP contribution >= 0.6 is 11.6 Å². The van der Waals surface area contributed by atoms with Gasteiger partial charge in [-0.05, 0) is 25.0 Å². The van der Waals surface area contributed by atoms with Crippen LogP contribution in [0.15, 0.2) is 36.7 Å². The third-order valence-corrected chi connectivity index (χ3v) is 5.86. The molecule has 28 heavy (non-hydrogen) atoms. The van der Waals surface area contributed by atoms with Gasteiger partial charge in [0.15, 0.2) is 0 Å². The number of piperazine rings is 1. The fourth-order valence-corrected chi connectivity index (χ4v) is 4.14. The first-order chi connectivity index (χ1) is 13.7. The maximum atomic E-state index is 12.7. The number of carbonyl (C=O) groups excluding carboxylic acids is 1. The summed E-state index contributed by atoms with van der Waals surface area (Å²) >= 11 is 6.16. The Balaban J connectivity index is 1.37. The zero-order valence-electron chi connectivity index (χ0n) is 15.9. The standard InChI is InChI=1S/C21H25ClN4O2/c22-17-8-4-5-9-18(17)28-20-14-19(23-15-24-20)25-10-12-26(13-11-25)21(27)16-6-2-1-3-7-16/h4-5,8-9,14-16H,1-3,6-7,10-13H2. The van der Waals surface area contributed by atoms with E-state index in [0.717, 1.165) is 44.8 Å². The minimum atomic E-state index is 0.231. The van der Waals surface area contributed by atoms with E-state index in [4.69, 9.17) is 16.3 Å². The maximum absolute atomic E-state index is 12.7. The number of nitrogens with zero attached hydrogens (tertiary/aromatic N) is 4. The molecule has 4 rings (SSSR count). The minimum absolute atomic E-state index is 0.231. The van der Waals surface area contributed by atoms with Crippen molar-refractivity contribution in [3.8, 4) is 11.6 Å². The van der Waals surface area contributed by atoms with Crippen molar-refractivity contribution in [3.63, 3.8) is 0 Å². The lowest BCUT2D eigenvalue weighted by Gasteiger charge is -2.37. The summed E-state index contributed by atoms with van der Waals surface area (Å²) in [4.78, 5) is 25.5. The van der Waals surface area contributed by atoms with E-state index in [9.17, 15) is 4.79 Å². The van der Waals surface area contributed by atoms with E-state index in [1.807, 2.05) is 23.1 Å². The molecule has 0 radical (unpaired) electrons. The van der Waals surface area contributed by atoms with Crippen molar-refractivity contribution in [1.82, 2.24) is 14.9 Å². The van der Waals surface area contributed by atoms with Gasteiger partial charge in [0, 0.05) is 38.2 Å². The summed E-state index contributed by atoms with van der Waals surface area (Å²) in [6.07, 6.45) is 7.24. The second kappa shape index (κ2) is 8.78. The number of amides is 1. The van der Waals surface area contributed by atoms with E-state index in [-0.39, 0.29) is 5.92 Å². The van der Waals surface area contributed by atoms with Gasteiger partial charge in [0.05, 0.1) is 5.02 Å². The lowest BCUT2D eigenvalue weighted by Crippen LogP contribution is -2.50. The Morgan fingerprint density at radius 1 is 1.04 bits per heavy atom. The van der Waals surface area contributed by atoms with Gasteiger partial charge in [0.25, 0.3) is 0 Å². The lowest BCUT2D eigenvalue weighted by atomic mass is 9.88. The van der Waals surface area contributed by atoms with Gasteiger partial charge < -0.3 is 14.5 Å². The molecular formula is C21H25ClN4O2. The van der Waals surface area contributed by atoms with Crippen LogP contribution in [0.4, 0.5) is 5.82 Å². The lowest BCUT2D eigenvalue weighted by molar-refractivity contribution is -0.136. The summed E-state index contributed by atoms with van der Waals surface area (Å²) in [7, 11) is 0. The van der Waals surface area contributed by atoms with Crippen molar-refractivity contribution in [2.24, 2.45) is 5.92 Å². The number of aromatic nitrogens is 2. The van der Waals surface area contributed by atoms with Crippen molar-refractivity contribution in [1.29, 1.82) is 0 Å². The topological polar surface area (TPSA) is 58.6 Å². The first-order valence-corrected chi connectivity index (χ1v) is 10.4. The van der Waals surface area contributed by atoms with Crippen molar-refractivity contribution in [2.45, 2.75) is 32.1 Å². The van der Waals surface area contributed by atoms with E-state index < -0.39 is 0 Å². The summed E-state index contributed by atoms with van der Waals surface area (Å²) in [5.41, 5.74) is 0. The van der Waals surface area contributed by atoms with E-state index in [1.54, 1.807) is 12.1 Å². The fraction of sp³-hybridized carbons (Fsp3) is 0.476. The zero-order valence-corrected chi connectivity index (χ0v) is 16.6. The third-order valence-electron chi connectivity index (χ3n) is 5.55. The Morgan fingerprint density at radius 3 is 2.54 bits per heavy atom. The molecular weight excluding hydrogens is 376 g/mol. The molecule has 2 fully saturated rings. The minimum Gasteiger partial charge on any atom is -0.437 e. The van der Waals surface area contributed by atoms with Crippen LogP contribution in [0.2, 0.25) is 5.02 Å². The molecule has 0 spiro atoms. The number of carbonyl (C=O) groups is 1. The Morgan fingerprint density at radius 2 is 1.79 bits per heavy atom. The van der Waals surface area contributed by atoms with Crippen LogP contribution in [-0.2, 0) is 4.79 Å².